The quantitative estimate of drug-likeness (QED) is 0.487. The van der Waals surface area contributed by atoms with Crippen molar-refractivity contribution in [3.63, 3.8) is 0 Å². The molecule has 0 spiro atoms. The summed E-state index contributed by atoms with van der Waals surface area (Å²) in [5.74, 6) is -0.919. The summed E-state index contributed by atoms with van der Waals surface area (Å²) in [5, 5.41) is 0.140. The van der Waals surface area contributed by atoms with Gasteiger partial charge in [-0.15, -0.1) is 0 Å². The van der Waals surface area contributed by atoms with E-state index in [2.05, 4.69) is 9.88 Å². The number of rotatable bonds is 8. The Morgan fingerprint density at radius 2 is 2.06 bits per heavy atom. The molecule has 1 amide bonds. The highest BCUT2D eigenvalue weighted by Gasteiger charge is 2.36. The number of anilines is 1. The van der Waals surface area contributed by atoms with Crippen molar-refractivity contribution < 1.29 is 13.9 Å². The van der Waals surface area contributed by atoms with Crippen LogP contribution in [0.2, 0.25) is 10.0 Å². The fraction of sp³-hybridized carbons (Fsp3) is 0.400. The van der Waals surface area contributed by atoms with Gasteiger partial charge in [0.2, 0.25) is 5.91 Å². The molecule has 1 saturated heterocycles. The molecule has 1 aromatic heterocycles. The van der Waals surface area contributed by atoms with Gasteiger partial charge < -0.3 is 21.1 Å². The SMILES string of the molecule is CC(Oc1nc(C2(CCN3CCCC3)C=CC=C(C(N)=O)C2)cnc1N)c1c(Cl)ccc(F)c1Cl. The van der Waals surface area contributed by atoms with Crippen molar-refractivity contribution in [2.75, 3.05) is 25.4 Å². The Morgan fingerprint density at radius 1 is 1.31 bits per heavy atom. The van der Waals surface area contributed by atoms with E-state index in [1.165, 1.54) is 25.0 Å². The van der Waals surface area contributed by atoms with E-state index in [1.54, 1.807) is 19.2 Å². The maximum absolute atomic E-state index is 14.1. The van der Waals surface area contributed by atoms with E-state index >= 15 is 0 Å². The first kappa shape index (κ1) is 25.4. The predicted molar refractivity (Wildman–Crippen MR) is 135 cm³/mol. The highest BCUT2D eigenvalue weighted by molar-refractivity contribution is 6.36. The van der Waals surface area contributed by atoms with Gasteiger partial charge in [0.25, 0.3) is 5.88 Å². The molecule has 0 saturated carbocycles. The molecule has 1 aliphatic carbocycles. The van der Waals surface area contributed by atoms with E-state index in [0.29, 0.717) is 29.7 Å². The lowest BCUT2D eigenvalue weighted by Gasteiger charge is -2.34. The molecule has 4 N–H and O–H groups in total. The summed E-state index contributed by atoms with van der Waals surface area (Å²) < 4.78 is 20.1. The molecular weight excluding hydrogens is 492 g/mol. The number of allylic oxidation sites excluding steroid dienone is 3. The molecule has 1 fully saturated rings. The van der Waals surface area contributed by atoms with Gasteiger partial charge in [0, 0.05) is 21.6 Å². The summed E-state index contributed by atoms with van der Waals surface area (Å²) in [7, 11) is 0. The Morgan fingerprint density at radius 3 is 2.77 bits per heavy atom. The number of hydrogen-bond donors (Lipinski definition) is 2. The van der Waals surface area contributed by atoms with Gasteiger partial charge in [-0.2, -0.15) is 0 Å². The van der Waals surface area contributed by atoms with Gasteiger partial charge in [0.15, 0.2) is 5.82 Å². The first-order valence-corrected chi connectivity index (χ1v) is 12.3. The van der Waals surface area contributed by atoms with Crippen LogP contribution in [-0.4, -0.2) is 40.4 Å². The van der Waals surface area contributed by atoms with Crippen LogP contribution in [0, 0.1) is 5.82 Å². The summed E-state index contributed by atoms with van der Waals surface area (Å²) in [6, 6.07) is 2.61. The smallest absolute Gasteiger partial charge is 0.258 e. The zero-order valence-corrected chi connectivity index (χ0v) is 20.9. The van der Waals surface area contributed by atoms with E-state index < -0.39 is 23.2 Å². The number of benzene rings is 1. The Bertz CT molecular complexity index is 1180. The van der Waals surface area contributed by atoms with E-state index in [1.807, 2.05) is 12.2 Å². The van der Waals surface area contributed by atoms with Crippen LogP contribution in [0.4, 0.5) is 10.2 Å². The third-order valence-electron chi connectivity index (χ3n) is 6.66. The Hall–Kier alpha value is -2.68. The summed E-state index contributed by atoms with van der Waals surface area (Å²) >= 11 is 12.4. The molecule has 2 atom stereocenters. The van der Waals surface area contributed by atoms with Crippen molar-refractivity contribution in [2.45, 2.75) is 44.1 Å². The number of primary amides is 1. The fourth-order valence-electron chi connectivity index (χ4n) is 4.66. The lowest BCUT2D eigenvalue weighted by atomic mass is 9.73. The molecule has 0 bridgehead atoms. The first-order valence-electron chi connectivity index (χ1n) is 11.5. The molecule has 2 heterocycles. The zero-order chi connectivity index (χ0) is 25.2. The molecule has 35 heavy (non-hydrogen) atoms. The predicted octanol–water partition coefficient (Wildman–Crippen LogP) is 4.74. The highest BCUT2D eigenvalue weighted by atomic mass is 35.5. The van der Waals surface area contributed by atoms with Crippen LogP contribution in [0.25, 0.3) is 0 Å². The molecular formula is C25H28Cl2FN5O2. The van der Waals surface area contributed by atoms with Gasteiger partial charge >= 0.3 is 0 Å². The van der Waals surface area contributed by atoms with Crippen molar-refractivity contribution in [2.24, 2.45) is 5.73 Å². The lowest BCUT2D eigenvalue weighted by Crippen LogP contribution is -2.35. The molecule has 2 unspecified atom stereocenters. The second kappa shape index (κ2) is 10.5. The van der Waals surface area contributed by atoms with E-state index in [4.69, 9.17) is 44.4 Å². The van der Waals surface area contributed by atoms with Crippen molar-refractivity contribution in [3.8, 4) is 5.88 Å². The molecule has 1 aromatic carbocycles. The standard InChI is InChI=1S/C25H28Cl2FN5O2/c1-15(20-17(26)6-7-18(28)21(20)27)35-24-22(29)31-14-19(32-24)25(9-12-33-10-2-3-11-33)8-4-5-16(13-25)23(30)34/h4-8,14-15H,2-3,9-13H2,1H3,(H2,29,31)(H2,30,34). The van der Waals surface area contributed by atoms with Gasteiger partial charge in [-0.05, 0) is 64.4 Å². The Balaban J connectivity index is 1.66. The fourth-order valence-corrected chi connectivity index (χ4v) is 5.34. The van der Waals surface area contributed by atoms with Crippen LogP contribution in [-0.2, 0) is 10.2 Å². The van der Waals surface area contributed by atoms with Crippen molar-refractivity contribution >= 4 is 34.9 Å². The molecule has 186 valence electrons. The second-order valence-corrected chi connectivity index (χ2v) is 9.79. The summed E-state index contributed by atoms with van der Waals surface area (Å²) in [6.07, 6.45) is 9.91. The molecule has 4 rings (SSSR count). The molecule has 7 nitrogen and oxygen atoms in total. The number of nitrogens with two attached hydrogens (primary N) is 2. The van der Waals surface area contributed by atoms with Crippen LogP contribution in [0.3, 0.4) is 0 Å². The Labute approximate surface area is 213 Å². The summed E-state index contributed by atoms with van der Waals surface area (Å²) in [6.45, 7) is 4.61. The number of carbonyl (C=O) groups is 1. The number of likely N-dealkylation sites (tertiary alicyclic amines) is 1. The average molecular weight is 520 g/mol. The van der Waals surface area contributed by atoms with E-state index in [0.717, 1.165) is 19.6 Å². The van der Waals surface area contributed by atoms with Crippen molar-refractivity contribution in [1.29, 1.82) is 0 Å². The van der Waals surface area contributed by atoms with Gasteiger partial charge in [-0.3, -0.25) is 4.79 Å². The Kier molecular flexibility index (Phi) is 7.64. The lowest BCUT2D eigenvalue weighted by molar-refractivity contribution is -0.114. The van der Waals surface area contributed by atoms with E-state index in [9.17, 15) is 9.18 Å². The number of aromatic nitrogens is 2. The minimum Gasteiger partial charge on any atom is -0.467 e. The topological polar surface area (TPSA) is 107 Å². The monoisotopic (exact) mass is 519 g/mol. The molecule has 1 aliphatic heterocycles. The maximum Gasteiger partial charge on any atom is 0.258 e. The van der Waals surface area contributed by atoms with Gasteiger partial charge in [-0.25, -0.2) is 14.4 Å². The van der Waals surface area contributed by atoms with Crippen LogP contribution in [0.5, 0.6) is 5.88 Å². The average Bonchev–Trinajstić information content (AvgIpc) is 3.36. The molecule has 0 radical (unpaired) electrons. The van der Waals surface area contributed by atoms with Gasteiger partial charge in [-0.1, -0.05) is 41.4 Å². The van der Waals surface area contributed by atoms with Crippen LogP contribution >= 0.6 is 23.2 Å². The molecule has 2 aliphatic rings. The van der Waals surface area contributed by atoms with Gasteiger partial charge in [0.05, 0.1) is 16.9 Å². The molecule has 2 aromatic rings. The number of ether oxygens (including phenoxy) is 1. The van der Waals surface area contributed by atoms with Gasteiger partial charge in [0.1, 0.15) is 11.9 Å². The number of halogens is 3. The zero-order valence-electron chi connectivity index (χ0n) is 19.4. The first-order chi connectivity index (χ1) is 16.7. The largest absolute Gasteiger partial charge is 0.467 e. The number of nitrogen functional groups attached to an aromatic ring is 1. The van der Waals surface area contributed by atoms with Crippen molar-refractivity contribution in [3.05, 3.63) is 69.3 Å². The highest BCUT2D eigenvalue weighted by Crippen LogP contribution is 2.40. The number of hydrogen-bond acceptors (Lipinski definition) is 6. The number of carbonyl (C=O) groups excluding carboxylic acids is 1. The minimum atomic E-state index is -0.749. The van der Waals surface area contributed by atoms with Crippen LogP contribution < -0.4 is 16.2 Å². The van der Waals surface area contributed by atoms with Crippen LogP contribution in [0.1, 0.15) is 50.0 Å². The van der Waals surface area contributed by atoms with Crippen molar-refractivity contribution in [1.82, 2.24) is 14.9 Å². The number of nitrogens with zero attached hydrogens (tertiary/aromatic N) is 3. The third-order valence-corrected chi connectivity index (χ3v) is 7.37. The second-order valence-electron chi connectivity index (χ2n) is 9.01. The maximum atomic E-state index is 14.1. The number of amides is 1. The summed E-state index contributed by atoms with van der Waals surface area (Å²) in [4.78, 5) is 23.5. The van der Waals surface area contributed by atoms with E-state index in [-0.39, 0.29) is 21.7 Å². The molecule has 10 heteroatoms. The summed E-state index contributed by atoms with van der Waals surface area (Å²) in [5.41, 5.74) is 12.5. The van der Waals surface area contributed by atoms with Crippen LogP contribution in [0.15, 0.2) is 42.1 Å². The third kappa shape index (κ3) is 5.44. The minimum absolute atomic E-state index is 0.0735. The normalized spacial score (nSPS) is 21.1.